The number of rotatable bonds is 4. The van der Waals surface area contributed by atoms with Gasteiger partial charge in [0.25, 0.3) is 0 Å². The molecule has 2 N–H and O–H groups in total. The molecular formula is C15H31N3. The third kappa shape index (κ3) is 2.73. The van der Waals surface area contributed by atoms with Crippen molar-refractivity contribution in [3.63, 3.8) is 0 Å². The van der Waals surface area contributed by atoms with E-state index < -0.39 is 0 Å². The van der Waals surface area contributed by atoms with Crippen LogP contribution in [0.3, 0.4) is 0 Å². The summed E-state index contributed by atoms with van der Waals surface area (Å²) >= 11 is 0. The van der Waals surface area contributed by atoms with Gasteiger partial charge in [-0.05, 0) is 39.7 Å². The van der Waals surface area contributed by atoms with Crippen LogP contribution in [-0.2, 0) is 0 Å². The SMILES string of the molecule is CCCC(C)(CN)N1CC2CCCCN2CC1C. The van der Waals surface area contributed by atoms with Crippen molar-refractivity contribution < 1.29 is 0 Å². The van der Waals surface area contributed by atoms with Crippen molar-refractivity contribution in [2.45, 2.75) is 70.5 Å². The number of nitrogens with zero attached hydrogens (tertiary/aromatic N) is 2. The minimum atomic E-state index is 0.206. The molecule has 0 aromatic carbocycles. The molecule has 0 saturated carbocycles. The zero-order valence-electron chi connectivity index (χ0n) is 12.5. The molecule has 18 heavy (non-hydrogen) atoms. The van der Waals surface area contributed by atoms with Crippen molar-refractivity contribution >= 4 is 0 Å². The standard InChI is InChI=1S/C15H31N3/c1-4-8-15(3,12-16)18-11-14-7-5-6-9-17(14)10-13(18)2/h13-14H,4-12,16H2,1-3H3. The van der Waals surface area contributed by atoms with E-state index in [1.165, 1.54) is 51.7 Å². The molecule has 0 radical (unpaired) electrons. The van der Waals surface area contributed by atoms with Crippen molar-refractivity contribution in [1.29, 1.82) is 0 Å². The van der Waals surface area contributed by atoms with E-state index in [1.54, 1.807) is 0 Å². The largest absolute Gasteiger partial charge is 0.329 e. The lowest BCUT2D eigenvalue weighted by molar-refractivity contribution is -0.0418. The molecule has 2 saturated heterocycles. The van der Waals surface area contributed by atoms with Crippen LogP contribution in [0.2, 0.25) is 0 Å². The molecule has 0 aromatic rings. The van der Waals surface area contributed by atoms with Gasteiger partial charge < -0.3 is 5.73 Å². The Morgan fingerprint density at radius 3 is 2.72 bits per heavy atom. The van der Waals surface area contributed by atoms with Crippen molar-refractivity contribution in [3.05, 3.63) is 0 Å². The van der Waals surface area contributed by atoms with Gasteiger partial charge in [0, 0.05) is 37.3 Å². The maximum atomic E-state index is 6.10. The summed E-state index contributed by atoms with van der Waals surface area (Å²) < 4.78 is 0. The highest BCUT2D eigenvalue weighted by atomic mass is 15.3. The third-order valence-corrected chi connectivity index (χ3v) is 5.11. The van der Waals surface area contributed by atoms with E-state index in [0.717, 1.165) is 12.6 Å². The van der Waals surface area contributed by atoms with Crippen LogP contribution >= 0.6 is 0 Å². The number of piperidine rings is 1. The summed E-state index contributed by atoms with van der Waals surface area (Å²) in [5.74, 6) is 0. The molecule has 2 aliphatic heterocycles. The van der Waals surface area contributed by atoms with Crippen molar-refractivity contribution in [2.24, 2.45) is 5.73 Å². The summed E-state index contributed by atoms with van der Waals surface area (Å²) in [5.41, 5.74) is 6.30. The minimum Gasteiger partial charge on any atom is -0.329 e. The Morgan fingerprint density at radius 2 is 2.06 bits per heavy atom. The van der Waals surface area contributed by atoms with Crippen LogP contribution in [0.5, 0.6) is 0 Å². The fourth-order valence-corrected chi connectivity index (χ4v) is 4.01. The molecule has 2 rings (SSSR count). The molecule has 2 aliphatic rings. The van der Waals surface area contributed by atoms with Crippen LogP contribution < -0.4 is 5.73 Å². The first kappa shape index (κ1) is 14.3. The number of piperazine rings is 1. The molecule has 2 heterocycles. The zero-order valence-corrected chi connectivity index (χ0v) is 12.5. The van der Waals surface area contributed by atoms with E-state index in [1.807, 2.05) is 0 Å². The van der Waals surface area contributed by atoms with Gasteiger partial charge in [-0.2, -0.15) is 0 Å². The van der Waals surface area contributed by atoms with Crippen LogP contribution in [0.4, 0.5) is 0 Å². The van der Waals surface area contributed by atoms with Crippen LogP contribution in [0.25, 0.3) is 0 Å². The number of hydrogen-bond donors (Lipinski definition) is 1. The fraction of sp³-hybridized carbons (Fsp3) is 1.00. The van der Waals surface area contributed by atoms with Gasteiger partial charge >= 0.3 is 0 Å². The normalized spacial score (nSPS) is 34.0. The molecule has 0 spiro atoms. The van der Waals surface area contributed by atoms with E-state index >= 15 is 0 Å². The molecule has 0 amide bonds. The second-order valence-electron chi connectivity index (χ2n) is 6.60. The van der Waals surface area contributed by atoms with E-state index in [0.29, 0.717) is 6.04 Å². The lowest BCUT2D eigenvalue weighted by Gasteiger charge is -2.54. The highest BCUT2D eigenvalue weighted by Gasteiger charge is 2.40. The predicted octanol–water partition coefficient (Wildman–Crippen LogP) is 2.06. The number of hydrogen-bond acceptors (Lipinski definition) is 3. The smallest absolute Gasteiger partial charge is 0.0307 e. The van der Waals surface area contributed by atoms with Gasteiger partial charge in [-0.15, -0.1) is 0 Å². The van der Waals surface area contributed by atoms with E-state index in [-0.39, 0.29) is 5.54 Å². The Morgan fingerprint density at radius 1 is 1.28 bits per heavy atom. The quantitative estimate of drug-likeness (QED) is 0.832. The van der Waals surface area contributed by atoms with E-state index in [4.69, 9.17) is 5.73 Å². The first-order chi connectivity index (χ1) is 8.60. The Kier molecular flexibility index (Phi) is 4.68. The summed E-state index contributed by atoms with van der Waals surface area (Å²) in [4.78, 5) is 5.43. The predicted molar refractivity (Wildman–Crippen MR) is 77.7 cm³/mol. The average molecular weight is 253 g/mol. The topological polar surface area (TPSA) is 32.5 Å². The molecule has 3 unspecified atom stereocenters. The summed E-state index contributed by atoms with van der Waals surface area (Å²) in [5, 5.41) is 0. The maximum Gasteiger partial charge on any atom is 0.0307 e. The van der Waals surface area contributed by atoms with Crippen LogP contribution in [0.1, 0.15) is 52.9 Å². The van der Waals surface area contributed by atoms with Crippen LogP contribution in [0, 0.1) is 0 Å². The number of nitrogens with two attached hydrogens (primary N) is 1. The molecule has 0 aromatic heterocycles. The van der Waals surface area contributed by atoms with Gasteiger partial charge in [-0.25, -0.2) is 0 Å². The first-order valence-electron chi connectivity index (χ1n) is 7.81. The lowest BCUT2D eigenvalue weighted by atomic mass is 9.88. The summed E-state index contributed by atoms with van der Waals surface area (Å²) in [6, 6.07) is 1.44. The van der Waals surface area contributed by atoms with Gasteiger partial charge in [0.15, 0.2) is 0 Å². The molecular weight excluding hydrogens is 222 g/mol. The highest BCUT2D eigenvalue weighted by molar-refractivity contribution is 4.97. The Balaban J connectivity index is 2.07. The summed E-state index contributed by atoms with van der Waals surface area (Å²) in [6.07, 6.45) is 6.64. The Labute approximate surface area is 113 Å². The van der Waals surface area contributed by atoms with Gasteiger partial charge in [0.2, 0.25) is 0 Å². The van der Waals surface area contributed by atoms with Crippen molar-refractivity contribution in [3.8, 4) is 0 Å². The van der Waals surface area contributed by atoms with Crippen molar-refractivity contribution in [1.82, 2.24) is 9.80 Å². The molecule has 0 bridgehead atoms. The van der Waals surface area contributed by atoms with E-state index in [9.17, 15) is 0 Å². The second-order valence-corrected chi connectivity index (χ2v) is 6.60. The van der Waals surface area contributed by atoms with Gasteiger partial charge in [-0.1, -0.05) is 19.8 Å². The van der Waals surface area contributed by atoms with Crippen LogP contribution in [0.15, 0.2) is 0 Å². The lowest BCUT2D eigenvalue weighted by Crippen LogP contribution is -2.66. The maximum absolute atomic E-state index is 6.10. The molecule has 2 fully saturated rings. The highest BCUT2D eigenvalue weighted by Crippen LogP contribution is 2.30. The summed E-state index contributed by atoms with van der Waals surface area (Å²) in [6.45, 7) is 11.6. The van der Waals surface area contributed by atoms with E-state index in [2.05, 4.69) is 30.6 Å². The van der Waals surface area contributed by atoms with Crippen LogP contribution in [-0.4, -0.2) is 53.6 Å². The molecule has 3 heteroatoms. The van der Waals surface area contributed by atoms with Crippen molar-refractivity contribution in [2.75, 3.05) is 26.2 Å². The summed E-state index contributed by atoms with van der Waals surface area (Å²) in [7, 11) is 0. The second kappa shape index (κ2) is 5.89. The molecule has 3 atom stereocenters. The minimum absolute atomic E-state index is 0.206. The first-order valence-corrected chi connectivity index (χ1v) is 7.81. The number of fused-ring (bicyclic) bond motifs is 1. The monoisotopic (exact) mass is 253 g/mol. The zero-order chi connectivity index (χ0) is 13.2. The Hall–Kier alpha value is -0.120. The van der Waals surface area contributed by atoms with Gasteiger partial charge in [-0.3, -0.25) is 9.80 Å². The third-order valence-electron chi connectivity index (χ3n) is 5.11. The fourth-order valence-electron chi connectivity index (χ4n) is 4.01. The van der Waals surface area contributed by atoms with Gasteiger partial charge in [0.1, 0.15) is 0 Å². The van der Waals surface area contributed by atoms with Gasteiger partial charge in [0.05, 0.1) is 0 Å². The Bertz CT molecular complexity index is 268. The molecule has 106 valence electrons. The molecule has 0 aliphatic carbocycles. The average Bonchev–Trinajstić information content (AvgIpc) is 2.38. The molecule has 3 nitrogen and oxygen atoms in total.